The summed E-state index contributed by atoms with van der Waals surface area (Å²) in [6, 6.07) is 13.3. The molecule has 184 valence electrons. The Balaban J connectivity index is 1.41. The van der Waals surface area contributed by atoms with Crippen molar-refractivity contribution < 1.29 is 23.5 Å². The van der Waals surface area contributed by atoms with Crippen molar-refractivity contribution in [1.29, 1.82) is 5.41 Å². The number of hydrogen-bond acceptors (Lipinski definition) is 8. The number of hydrazone groups is 1. The molecule has 0 unspecified atom stereocenters. The molecular formula is C26H18FN5O4S. The van der Waals surface area contributed by atoms with Gasteiger partial charge in [-0.25, -0.2) is 9.18 Å². The first-order valence-electron chi connectivity index (χ1n) is 11.1. The van der Waals surface area contributed by atoms with Crippen molar-refractivity contribution in [3.63, 3.8) is 0 Å². The lowest BCUT2D eigenvalue weighted by Gasteiger charge is -2.20. The molecular weight excluding hydrogens is 497 g/mol. The van der Waals surface area contributed by atoms with Crippen molar-refractivity contribution in [1.82, 2.24) is 9.99 Å². The Bertz CT molecular complexity index is 1500. The maximum atomic E-state index is 13.2. The highest BCUT2D eigenvalue weighted by molar-refractivity contribution is 8.27. The first-order chi connectivity index (χ1) is 17.9. The molecule has 3 heterocycles. The Labute approximate surface area is 214 Å². The number of carbonyl (C=O) groups is 2. The van der Waals surface area contributed by atoms with Gasteiger partial charge < -0.3 is 9.47 Å². The van der Waals surface area contributed by atoms with Crippen LogP contribution in [-0.4, -0.2) is 44.5 Å². The fraction of sp³-hybridized carbons (Fsp3) is 0.0769. The van der Waals surface area contributed by atoms with Crippen LogP contribution in [0, 0.1) is 11.2 Å². The van der Waals surface area contributed by atoms with Crippen LogP contribution in [0.5, 0.6) is 11.5 Å². The number of benzene rings is 2. The molecule has 0 bridgehead atoms. The van der Waals surface area contributed by atoms with E-state index in [1.165, 1.54) is 53.2 Å². The fourth-order valence-corrected chi connectivity index (χ4v) is 4.36. The third-order valence-corrected chi connectivity index (χ3v) is 6.18. The van der Waals surface area contributed by atoms with Gasteiger partial charge in [-0.2, -0.15) is 15.1 Å². The van der Waals surface area contributed by atoms with E-state index in [2.05, 4.69) is 15.1 Å². The van der Waals surface area contributed by atoms with E-state index in [0.717, 1.165) is 5.56 Å². The average molecular weight is 516 g/mol. The second kappa shape index (κ2) is 10.2. The van der Waals surface area contributed by atoms with Gasteiger partial charge in [-0.3, -0.25) is 15.2 Å². The van der Waals surface area contributed by atoms with Crippen LogP contribution >= 0.6 is 11.8 Å². The molecule has 1 amide bonds. The summed E-state index contributed by atoms with van der Waals surface area (Å²) >= 11 is 1.19. The number of amides is 1. The third kappa shape index (κ3) is 5.02. The van der Waals surface area contributed by atoms with Gasteiger partial charge in [0.2, 0.25) is 5.17 Å². The van der Waals surface area contributed by atoms with Crippen molar-refractivity contribution in [3.05, 3.63) is 95.1 Å². The first-order valence-corrected chi connectivity index (χ1v) is 11.9. The van der Waals surface area contributed by atoms with Crippen molar-refractivity contribution >= 4 is 45.8 Å². The summed E-state index contributed by atoms with van der Waals surface area (Å²) < 4.78 is 24.2. The predicted octanol–water partition coefficient (Wildman–Crippen LogP) is 4.51. The Hall–Kier alpha value is -4.64. The molecule has 1 N–H and O–H groups in total. The highest BCUT2D eigenvalue weighted by atomic mass is 32.2. The Morgan fingerprint density at radius 2 is 1.97 bits per heavy atom. The van der Waals surface area contributed by atoms with Crippen LogP contribution in [0.1, 0.15) is 28.4 Å². The van der Waals surface area contributed by atoms with Crippen molar-refractivity contribution in [2.45, 2.75) is 6.92 Å². The molecule has 11 heteroatoms. The second-order valence-electron chi connectivity index (χ2n) is 7.70. The van der Waals surface area contributed by atoms with Gasteiger partial charge in [0.1, 0.15) is 10.9 Å². The summed E-state index contributed by atoms with van der Waals surface area (Å²) in [5.74, 6) is -1.41. The van der Waals surface area contributed by atoms with Gasteiger partial charge in [0.15, 0.2) is 17.3 Å². The van der Waals surface area contributed by atoms with E-state index >= 15 is 0 Å². The number of hydrogen-bond donors (Lipinski definition) is 1. The molecule has 0 saturated carbocycles. The van der Waals surface area contributed by atoms with E-state index in [9.17, 15) is 14.0 Å². The van der Waals surface area contributed by atoms with Gasteiger partial charge in [0, 0.05) is 18.0 Å². The minimum absolute atomic E-state index is 0.0408. The van der Waals surface area contributed by atoms with Crippen LogP contribution in [0.2, 0.25) is 0 Å². The molecule has 0 spiro atoms. The predicted molar refractivity (Wildman–Crippen MR) is 137 cm³/mol. The monoisotopic (exact) mass is 515 g/mol. The number of thioether (sulfide) groups is 1. The maximum Gasteiger partial charge on any atom is 0.343 e. The van der Waals surface area contributed by atoms with Gasteiger partial charge in [0.25, 0.3) is 5.91 Å². The van der Waals surface area contributed by atoms with Crippen LogP contribution in [0.3, 0.4) is 0 Å². The quantitative estimate of drug-likeness (QED) is 0.292. The normalized spacial score (nSPS) is 15.8. The highest BCUT2D eigenvalue weighted by Crippen LogP contribution is 2.33. The summed E-state index contributed by atoms with van der Waals surface area (Å²) in [5, 5.41) is 15.2. The molecule has 0 radical (unpaired) electrons. The third-order valence-electron chi connectivity index (χ3n) is 5.22. The first kappa shape index (κ1) is 24.1. The number of nitrogens with one attached hydrogen (secondary N) is 1. The summed E-state index contributed by atoms with van der Waals surface area (Å²) in [4.78, 5) is 33.4. The number of amidine groups is 2. The van der Waals surface area contributed by atoms with Crippen LogP contribution in [0.25, 0.3) is 6.08 Å². The summed E-state index contributed by atoms with van der Waals surface area (Å²) in [6.07, 6.45) is 4.79. The molecule has 2 aliphatic heterocycles. The molecule has 9 nitrogen and oxygen atoms in total. The van der Waals surface area contributed by atoms with E-state index < -0.39 is 17.7 Å². The number of aliphatic imine (C=N–C) groups is 1. The van der Waals surface area contributed by atoms with E-state index in [4.69, 9.17) is 14.9 Å². The lowest BCUT2D eigenvalue weighted by atomic mass is 10.1. The number of esters is 1. The standard InChI is InChI=1S/C26H18FN5O4S/c1-2-35-21-13-15(5-10-20(21)36-25(34)16-6-8-18(27)9-7-16)12-19-22(28)32-26(30-23(19)33)37-24(31-32)17-4-3-11-29-14-17/h3-14,28H,2H2,1H3. The van der Waals surface area contributed by atoms with Crippen molar-refractivity contribution in [3.8, 4) is 11.5 Å². The van der Waals surface area contributed by atoms with E-state index in [1.54, 1.807) is 37.5 Å². The van der Waals surface area contributed by atoms with Gasteiger partial charge in [-0.05, 0) is 78.9 Å². The largest absolute Gasteiger partial charge is 0.490 e. The molecule has 5 rings (SSSR count). The van der Waals surface area contributed by atoms with Crippen LogP contribution in [-0.2, 0) is 4.79 Å². The molecule has 2 aromatic carbocycles. The minimum Gasteiger partial charge on any atom is -0.490 e. The number of carbonyl (C=O) groups excluding carboxylic acids is 2. The van der Waals surface area contributed by atoms with Crippen LogP contribution in [0.15, 0.2) is 82.7 Å². The van der Waals surface area contributed by atoms with Crippen molar-refractivity contribution in [2.24, 2.45) is 10.1 Å². The Morgan fingerprint density at radius 3 is 2.70 bits per heavy atom. The number of aromatic nitrogens is 1. The smallest absolute Gasteiger partial charge is 0.343 e. The minimum atomic E-state index is -0.674. The lowest BCUT2D eigenvalue weighted by Crippen LogP contribution is -2.35. The fourth-order valence-electron chi connectivity index (χ4n) is 3.48. The molecule has 0 fully saturated rings. The van der Waals surface area contributed by atoms with Gasteiger partial charge in [0.05, 0.1) is 17.7 Å². The molecule has 0 saturated heterocycles. The number of rotatable bonds is 6. The zero-order valence-corrected chi connectivity index (χ0v) is 20.2. The second-order valence-corrected chi connectivity index (χ2v) is 8.66. The average Bonchev–Trinajstić information content (AvgIpc) is 3.33. The van der Waals surface area contributed by atoms with Crippen LogP contribution in [0.4, 0.5) is 4.39 Å². The van der Waals surface area contributed by atoms with Crippen molar-refractivity contribution in [2.75, 3.05) is 6.61 Å². The van der Waals surface area contributed by atoms with E-state index in [1.807, 2.05) is 6.07 Å². The number of nitrogens with zero attached hydrogens (tertiary/aromatic N) is 4. The molecule has 3 aromatic rings. The van der Waals surface area contributed by atoms with E-state index in [0.29, 0.717) is 22.4 Å². The zero-order valence-electron chi connectivity index (χ0n) is 19.3. The summed E-state index contributed by atoms with van der Waals surface area (Å²) in [6.45, 7) is 2.07. The van der Waals surface area contributed by atoms with Crippen LogP contribution < -0.4 is 9.47 Å². The molecule has 0 aliphatic carbocycles. The molecule has 1 aromatic heterocycles. The van der Waals surface area contributed by atoms with Gasteiger partial charge in [-0.1, -0.05) is 6.07 Å². The topological polar surface area (TPSA) is 117 Å². The van der Waals surface area contributed by atoms with Gasteiger partial charge in [-0.15, -0.1) is 0 Å². The molecule has 0 atom stereocenters. The summed E-state index contributed by atoms with van der Waals surface area (Å²) in [7, 11) is 0. The maximum absolute atomic E-state index is 13.2. The molecule has 37 heavy (non-hydrogen) atoms. The lowest BCUT2D eigenvalue weighted by molar-refractivity contribution is -0.114. The number of halogens is 1. The number of pyridine rings is 1. The number of fused-ring (bicyclic) bond motifs is 1. The summed E-state index contributed by atoms with van der Waals surface area (Å²) in [5.41, 5.74) is 1.50. The Kier molecular flexibility index (Phi) is 6.60. The highest BCUT2D eigenvalue weighted by Gasteiger charge is 2.36. The molecule has 2 aliphatic rings. The Morgan fingerprint density at radius 1 is 1.16 bits per heavy atom. The van der Waals surface area contributed by atoms with E-state index in [-0.39, 0.29) is 28.5 Å². The van der Waals surface area contributed by atoms with Gasteiger partial charge >= 0.3 is 5.97 Å². The SMILES string of the molecule is CCOc1cc(C=C2C(=N)N3N=C(c4cccnc4)SC3=NC2=O)ccc1OC(=O)c1ccc(F)cc1. The number of ether oxygens (including phenoxy) is 2. The zero-order chi connectivity index (χ0) is 25.9.